The number of para-hydroxylation sites is 3. The Morgan fingerprint density at radius 1 is 0.667 bits per heavy atom. The molecule has 1 aromatic heterocycles. The van der Waals surface area contributed by atoms with Crippen molar-refractivity contribution in [2.24, 2.45) is 5.73 Å². The fourth-order valence-electron chi connectivity index (χ4n) is 8.01. The minimum absolute atomic E-state index is 0.304. The van der Waals surface area contributed by atoms with Crippen molar-refractivity contribution in [3.8, 4) is 16.8 Å². The molecule has 6 aromatic carbocycles. The van der Waals surface area contributed by atoms with Gasteiger partial charge in [-0.1, -0.05) is 121 Å². The molecule has 0 spiro atoms. The molecule has 0 saturated carbocycles. The maximum Gasteiger partial charge on any atom is 0.0591 e. The number of anilines is 2. The number of benzene rings is 6. The Kier molecular flexibility index (Phi) is 6.97. The largest absolute Gasteiger partial charge is 0.398 e. The van der Waals surface area contributed by atoms with E-state index in [1.165, 1.54) is 67.5 Å². The van der Waals surface area contributed by atoms with Gasteiger partial charge in [-0.05, 0) is 89.5 Å². The highest BCUT2D eigenvalue weighted by Gasteiger charge is 2.38. The summed E-state index contributed by atoms with van der Waals surface area (Å²) in [7, 11) is 0. The van der Waals surface area contributed by atoms with E-state index in [4.69, 9.17) is 5.73 Å². The van der Waals surface area contributed by atoms with Gasteiger partial charge < -0.3 is 15.2 Å². The molecular weight excluding hydrogens is 583 g/mol. The van der Waals surface area contributed by atoms with Crippen molar-refractivity contribution in [3.63, 3.8) is 0 Å². The molecule has 0 amide bonds. The van der Waals surface area contributed by atoms with E-state index < -0.39 is 0 Å². The lowest BCUT2D eigenvalue weighted by molar-refractivity contribution is 0.573. The van der Waals surface area contributed by atoms with Gasteiger partial charge in [-0.3, -0.25) is 0 Å². The van der Waals surface area contributed by atoms with Crippen LogP contribution < -0.4 is 10.6 Å². The van der Waals surface area contributed by atoms with Crippen molar-refractivity contribution < 1.29 is 0 Å². The maximum atomic E-state index is 6.82. The molecule has 0 bridgehead atoms. The first-order valence-corrected chi connectivity index (χ1v) is 17.0. The third kappa shape index (κ3) is 4.82. The van der Waals surface area contributed by atoms with Crippen LogP contribution >= 0.6 is 0 Å². The number of aromatic nitrogens is 1. The number of hydrogen-bond donors (Lipinski definition) is 1. The van der Waals surface area contributed by atoms with Crippen LogP contribution in [0.25, 0.3) is 44.3 Å². The van der Waals surface area contributed by atoms with Crippen molar-refractivity contribution in [3.05, 3.63) is 181 Å². The van der Waals surface area contributed by atoms with Crippen LogP contribution in [-0.2, 0) is 6.42 Å². The van der Waals surface area contributed by atoms with E-state index in [1.807, 2.05) is 0 Å². The van der Waals surface area contributed by atoms with Crippen molar-refractivity contribution in [2.45, 2.75) is 31.2 Å². The number of fused-ring (bicyclic) bond motifs is 6. The standard InChI is InChI=1S/C45H37N3/c46-41(34-16-12-15-33(29-34)32-13-2-1-3-14-32)26-25-31-27-35(47-42-21-8-4-17-37(42)38-18-5-9-22-43(38)47)30-36(28-31)48-44-23-10-6-19-39(44)40-20-7-11-24-45(40)48/h1-6,8-19,21-24,26-30,40,45H,7,20,25,46H2/b41-26-. The predicted molar refractivity (Wildman–Crippen MR) is 202 cm³/mol. The Bertz CT molecular complexity index is 2310. The van der Waals surface area contributed by atoms with Gasteiger partial charge in [-0.15, -0.1) is 0 Å². The summed E-state index contributed by atoms with van der Waals surface area (Å²) in [5.41, 5.74) is 19.8. The summed E-state index contributed by atoms with van der Waals surface area (Å²) in [6.45, 7) is 0. The first-order chi connectivity index (χ1) is 23.7. The smallest absolute Gasteiger partial charge is 0.0591 e. The predicted octanol–water partition coefficient (Wildman–Crippen LogP) is 10.9. The van der Waals surface area contributed by atoms with Crippen LogP contribution in [0.5, 0.6) is 0 Å². The molecule has 7 aromatic rings. The molecule has 1 aliphatic heterocycles. The molecule has 48 heavy (non-hydrogen) atoms. The lowest BCUT2D eigenvalue weighted by Crippen LogP contribution is -2.29. The average molecular weight is 620 g/mol. The van der Waals surface area contributed by atoms with E-state index in [-0.39, 0.29) is 0 Å². The van der Waals surface area contributed by atoms with Gasteiger partial charge in [0.25, 0.3) is 0 Å². The first kappa shape index (κ1) is 28.4. The molecule has 9 rings (SSSR count). The van der Waals surface area contributed by atoms with E-state index in [0.717, 1.165) is 24.1 Å². The minimum atomic E-state index is 0.304. The van der Waals surface area contributed by atoms with Crippen LogP contribution in [0.2, 0.25) is 0 Å². The molecule has 0 fully saturated rings. The van der Waals surface area contributed by atoms with Crippen molar-refractivity contribution in [1.82, 2.24) is 4.57 Å². The van der Waals surface area contributed by atoms with Crippen LogP contribution in [0.3, 0.4) is 0 Å². The first-order valence-electron chi connectivity index (χ1n) is 17.0. The molecule has 0 radical (unpaired) electrons. The molecule has 2 heterocycles. The van der Waals surface area contributed by atoms with Gasteiger partial charge in [-0.25, -0.2) is 0 Å². The third-order valence-corrected chi connectivity index (χ3v) is 10.2. The molecule has 3 heteroatoms. The summed E-state index contributed by atoms with van der Waals surface area (Å²) < 4.78 is 2.43. The van der Waals surface area contributed by atoms with E-state index in [1.54, 1.807) is 0 Å². The summed E-state index contributed by atoms with van der Waals surface area (Å²) >= 11 is 0. The average Bonchev–Trinajstić information content (AvgIpc) is 3.67. The molecule has 1 aliphatic carbocycles. The molecule has 3 nitrogen and oxygen atoms in total. The molecule has 232 valence electrons. The number of rotatable bonds is 6. The summed E-state index contributed by atoms with van der Waals surface area (Å²) in [6, 6.07) is 53.0. The van der Waals surface area contributed by atoms with Crippen LogP contribution in [0.1, 0.15) is 35.4 Å². The highest BCUT2D eigenvalue weighted by molar-refractivity contribution is 6.09. The zero-order valence-corrected chi connectivity index (χ0v) is 26.8. The van der Waals surface area contributed by atoms with Gasteiger partial charge in [0.15, 0.2) is 0 Å². The summed E-state index contributed by atoms with van der Waals surface area (Å²) in [6.07, 6.45) is 10.0. The number of hydrogen-bond acceptors (Lipinski definition) is 2. The second-order valence-corrected chi connectivity index (χ2v) is 13.1. The SMILES string of the molecule is N/C(=C\Cc1cc(N2c3ccccc3C3CCC=CC32)cc(-n2c3ccccc3c3ccccc32)c1)c1cccc(-c2ccccc2)c1. The van der Waals surface area contributed by atoms with Gasteiger partial charge in [0, 0.05) is 39.4 Å². The van der Waals surface area contributed by atoms with Gasteiger partial charge in [0.1, 0.15) is 0 Å². The Morgan fingerprint density at radius 3 is 2.17 bits per heavy atom. The Balaban J connectivity index is 1.19. The van der Waals surface area contributed by atoms with E-state index in [2.05, 4.69) is 173 Å². The maximum absolute atomic E-state index is 6.82. The van der Waals surface area contributed by atoms with Gasteiger partial charge in [-0.2, -0.15) is 0 Å². The van der Waals surface area contributed by atoms with Gasteiger partial charge in [0.05, 0.1) is 17.1 Å². The van der Waals surface area contributed by atoms with E-state index in [9.17, 15) is 0 Å². The fourth-order valence-corrected chi connectivity index (χ4v) is 8.01. The van der Waals surface area contributed by atoms with Gasteiger partial charge in [0.2, 0.25) is 0 Å². The lowest BCUT2D eigenvalue weighted by Gasteiger charge is -2.31. The summed E-state index contributed by atoms with van der Waals surface area (Å²) in [4.78, 5) is 2.58. The molecule has 2 N–H and O–H groups in total. The fraction of sp³-hybridized carbons (Fsp3) is 0.111. The monoisotopic (exact) mass is 619 g/mol. The highest BCUT2D eigenvalue weighted by Crippen LogP contribution is 2.49. The number of nitrogens with two attached hydrogens (primary N) is 1. The number of allylic oxidation sites excluding steroid dienone is 2. The Morgan fingerprint density at radius 2 is 1.35 bits per heavy atom. The topological polar surface area (TPSA) is 34.2 Å². The van der Waals surface area contributed by atoms with Crippen molar-refractivity contribution in [2.75, 3.05) is 4.90 Å². The highest BCUT2D eigenvalue weighted by atomic mass is 15.2. The van der Waals surface area contributed by atoms with Crippen LogP contribution in [0.15, 0.2) is 164 Å². The number of nitrogens with zero attached hydrogens (tertiary/aromatic N) is 2. The summed E-state index contributed by atoms with van der Waals surface area (Å²) in [5, 5.41) is 2.54. The zero-order valence-electron chi connectivity index (χ0n) is 26.8. The Hall–Kier alpha value is -5.80. The molecule has 2 atom stereocenters. The lowest BCUT2D eigenvalue weighted by atomic mass is 9.86. The second kappa shape index (κ2) is 11.8. The molecular formula is C45H37N3. The van der Waals surface area contributed by atoms with Crippen molar-refractivity contribution in [1.29, 1.82) is 0 Å². The second-order valence-electron chi connectivity index (χ2n) is 13.1. The van der Waals surface area contributed by atoms with E-state index >= 15 is 0 Å². The normalized spacial score (nSPS) is 17.2. The van der Waals surface area contributed by atoms with Crippen LogP contribution in [-0.4, -0.2) is 10.6 Å². The Labute approximate surface area is 281 Å². The molecule has 0 saturated heterocycles. The third-order valence-electron chi connectivity index (χ3n) is 10.2. The zero-order chi connectivity index (χ0) is 32.0. The van der Waals surface area contributed by atoms with Crippen LogP contribution in [0, 0.1) is 0 Å². The summed E-state index contributed by atoms with van der Waals surface area (Å²) in [5.74, 6) is 0.499. The molecule has 2 aliphatic rings. The van der Waals surface area contributed by atoms with Gasteiger partial charge >= 0.3 is 0 Å². The quantitative estimate of drug-likeness (QED) is 0.188. The van der Waals surface area contributed by atoms with Crippen molar-refractivity contribution >= 4 is 38.9 Å². The minimum Gasteiger partial charge on any atom is -0.398 e. The van der Waals surface area contributed by atoms with Crippen LogP contribution in [0.4, 0.5) is 11.4 Å². The van der Waals surface area contributed by atoms with E-state index in [0.29, 0.717) is 12.0 Å². The molecule has 2 unspecified atom stereocenters.